The maximum Gasteiger partial charge on any atom is 0.355 e. The summed E-state index contributed by atoms with van der Waals surface area (Å²) in [6, 6.07) is 0. The van der Waals surface area contributed by atoms with Gasteiger partial charge in [0, 0.05) is 6.20 Å². The molecule has 19 heavy (non-hydrogen) atoms. The lowest BCUT2D eigenvalue weighted by atomic mass is 10.2. The molecule has 0 spiro atoms. The molecule has 0 atom stereocenters. The minimum absolute atomic E-state index is 0.103. The number of rotatable bonds is 4. The van der Waals surface area contributed by atoms with Gasteiger partial charge in [-0.3, -0.25) is 4.79 Å². The predicted molar refractivity (Wildman–Crippen MR) is 65.9 cm³/mol. The average Bonchev–Trinajstić information content (AvgIpc) is 2.33. The van der Waals surface area contributed by atoms with Crippen LogP contribution in [-0.2, 0) is 9.53 Å². The van der Waals surface area contributed by atoms with Gasteiger partial charge in [-0.05, 0) is 6.92 Å². The van der Waals surface area contributed by atoms with E-state index in [-0.39, 0.29) is 10.0 Å². The number of aromatic carboxylic acids is 2. The second-order valence-electron chi connectivity index (χ2n) is 2.81. The minimum atomic E-state index is -1.48. The fraction of sp³-hybridized carbons (Fsp3) is 0.200. The molecule has 7 nitrogen and oxygen atoms in total. The van der Waals surface area contributed by atoms with E-state index in [9.17, 15) is 14.4 Å². The van der Waals surface area contributed by atoms with E-state index < -0.39 is 23.2 Å². The third-order valence-corrected chi connectivity index (χ3v) is 2.40. The van der Waals surface area contributed by atoms with Crippen molar-refractivity contribution in [3.8, 4) is 0 Å². The Morgan fingerprint density at radius 1 is 1.37 bits per heavy atom. The Bertz CT molecular complexity index is 491. The molecule has 9 heteroatoms. The summed E-state index contributed by atoms with van der Waals surface area (Å²) in [7, 11) is 0. The number of hydrogen-bond acceptors (Lipinski definition) is 5. The summed E-state index contributed by atoms with van der Waals surface area (Å²) >= 11 is 11.0. The number of ether oxygens (including phenoxy) is 1. The van der Waals surface area contributed by atoms with Crippen LogP contribution in [0.5, 0.6) is 0 Å². The SMILES string of the molecule is CCOC=O.O=C(O)c1ncc(Cl)c(Cl)c1C(=O)O. The molecule has 1 heterocycles. The molecule has 0 aliphatic carbocycles. The maximum atomic E-state index is 10.7. The number of carboxylic acids is 2. The first-order valence-corrected chi connectivity index (χ1v) is 5.48. The molecule has 0 aliphatic heterocycles. The van der Waals surface area contributed by atoms with Crippen LogP contribution in [0.3, 0.4) is 0 Å². The summed E-state index contributed by atoms with van der Waals surface area (Å²) in [5.41, 5.74) is -1.24. The van der Waals surface area contributed by atoms with Crippen LogP contribution < -0.4 is 0 Å². The molecule has 0 fully saturated rings. The van der Waals surface area contributed by atoms with Crippen molar-refractivity contribution in [2.75, 3.05) is 6.61 Å². The lowest BCUT2D eigenvalue weighted by molar-refractivity contribution is -0.128. The number of nitrogens with zero attached hydrogens (tertiary/aromatic N) is 1. The number of carbonyl (C=O) groups is 3. The van der Waals surface area contributed by atoms with Crippen molar-refractivity contribution in [3.63, 3.8) is 0 Å². The van der Waals surface area contributed by atoms with Crippen LogP contribution in [0.15, 0.2) is 6.20 Å². The molecular formula is C10H9Cl2NO6. The van der Waals surface area contributed by atoms with Gasteiger partial charge in [-0.15, -0.1) is 0 Å². The van der Waals surface area contributed by atoms with Crippen LogP contribution in [0.25, 0.3) is 0 Å². The lowest BCUT2D eigenvalue weighted by Crippen LogP contribution is -2.11. The zero-order valence-electron chi connectivity index (χ0n) is 9.59. The summed E-state index contributed by atoms with van der Waals surface area (Å²) in [4.78, 5) is 33.8. The monoisotopic (exact) mass is 309 g/mol. The van der Waals surface area contributed by atoms with Gasteiger partial charge in [0.05, 0.1) is 16.7 Å². The normalized spacial score (nSPS) is 9.00. The van der Waals surface area contributed by atoms with E-state index in [0.717, 1.165) is 6.20 Å². The summed E-state index contributed by atoms with van der Waals surface area (Å²) in [6.07, 6.45) is 0.986. The number of carbonyl (C=O) groups excluding carboxylic acids is 1. The van der Waals surface area contributed by atoms with Crippen molar-refractivity contribution in [2.45, 2.75) is 6.92 Å². The van der Waals surface area contributed by atoms with E-state index in [1.807, 2.05) is 0 Å². The van der Waals surface area contributed by atoms with Crippen LogP contribution in [0.4, 0.5) is 0 Å². The van der Waals surface area contributed by atoms with Gasteiger partial charge in [0.2, 0.25) is 0 Å². The van der Waals surface area contributed by atoms with Gasteiger partial charge in [0.1, 0.15) is 5.56 Å². The van der Waals surface area contributed by atoms with Gasteiger partial charge in [-0.1, -0.05) is 23.2 Å². The summed E-state index contributed by atoms with van der Waals surface area (Å²) in [6.45, 7) is 2.66. The van der Waals surface area contributed by atoms with E-state index >= 15 is 0 Å². The Labute approximate surface area is 117 Å². The molecule has 1 aromatic rings. The lowest BCUT2D eigenvalue weighted by Gasteiger charge is -2.03. The molecule has 1 rings (SSSR count). The predicted octanol–water partition coefficient (Wildman–Crippen LogP) is 1.96. The number of pyridine rings is 1. The highest BCUT2D eigenvalue weighted by Crippen LogP contribution is 2.26. The standard InChI is InChI=1S/C7H3Cl2NO4.C3H6O2/c8-2-1-10-5(7(13)14)3(4(2)9)6(11)12;1-2-5-3-4/h1H,(H,11,12)(H,13,14);3H,2H2,1H3. The quantitative estimate of drug-likeness (QED) is 0.817. The molecule has 0 saturated carbocycles. The highest BCUT2D eigenvalue weighted by molar-refractivity contribution is 6.44. The van der Waals surface area contributed by atoms with Gasteiger partial charge in [0.15, 0.2) is 5.69 Å². The van der Waals surface area contributed by atoms with Crippen LogP contribution in [0.1, 0.15) is 27.8 Å². The summed E-state index contributed by atoms with van der Waals surface area (Å²) in [5, 5.41) is 16.8. The van der Waals surface area contributed by atoms with Crippen molar-refractivity contribution in [1.82, 2.24) is 4.98 Å². The largest absolute Gasteiger partial charge is 0.478 e. The molecule has 0 bridgehead atoms. The third-order valence-electron chi connectivity index (χ3n) is 1.62. The molecule has 0 aliphatic rings. The number of aromatic nitrogens is 1. The van der Waals surface area contributed by atoms with E-state index in [0.29, 0.717) is 13.1 Å². The fourth-order valence-electron chi connectivity index (χ4n) is 0.891. The second kappa shape index (κ2) is 8.28. The highest BCUT2D eigenvalue weighted by Gasteiger charge is 2.22. The Kier molecular flexibility index (Phi) is 7.47. The smallest absolute Gasteiger partial charge is 0.355 e. The van der Waals surface area contributed by atoms with Crippen LogP contribution in [0.2, 0.25) is 10.0 Å². The molecule has 2 N–H and O–H groups in total. The second-order valence-corrected chi connectivity index (χ2v) is 3.59. The van der Waals surface area contributed by atoms with Crippen molar-refractivity contribution < 1.29 is 29.3 Å². The zero-order chi connectivity index (χ0) is 15.0. The average molecular weight is 310 g/mol. The third kappa shape index (κ3) is 5.11. The topological polar surface area (TPSA) is 114 Å². The minimum Gasteiger partial charge on any atom is -0.478 e. The molecule has 0 saturated heterocycles. The van der Waals surface area contributed by atoms with E-state index in [1.54, 1.807) is 6.92 Å². The van der Waals surface area contributed by atoms with Gasteiger partial charge < -0.3 is 14.9 Å². The number of hydrogen-bond donors (Lipinski definition) is 2. The molecule has 0 unspecified atom stereocenters. The number of carboxylic acid groups (broad SMARTS) is 2. The van der Waals surface area contributed by atoms with E-state index in [1.165, 1.54) is 0 Å². The first-order chi connectivity index (χ1) is 8.86. The molecule has 0 radical (unpaired) electrons. The fourth-order valence-corrected chi connectivity index (χ4v) is 1.25. The van der Waals surface area contributed by atoms with Gasteiger partial charge in [-0.25, -0.2) is 14.6 Å². The van der Waals surface area contributed by atoms with Crippen LogP contribution in [-0.4, -0.2) is 40.2 Å². The van der Waals surface area contributed by atoms with Crippen molar-refractivity contribution in [1.29, 1.82) is 0 Å². The molecule has 1 aromatic heterocycles. The van der Waals surface area contributed by atoms with Crippen molar-refractivity contribution in [2.24, 2.45) is 0 Å². The Balaban J connectivity index is 0.000000555. The molecule has 0 amide bonds. The Morgan fingerprint density at radius 2 is 1.95 bits per heavy atom. The van der Waals surface area contributed by atoms with Crippen molar-refractivity contribution >= 4 is 41.6 Å². The van der Waals surface area contributed by atoms with Crippen molar-refractivity contribution in [3.05, 3.63) is 27.5 Å². The van der Waals surface area contributed by atoms with Gasteiger partial charge in [-0.2, -0.15) is 0 Å². The van der Waals surface area contributed by atoms with Gasteiger partial charge in [0.25, 0.3) is 6.47 Å². The van der Waals surface area contributed by atoms with Crippen LogP contribution >= 0.6 is 23.2 Å². The molecule has 0 aromatic carbocycles. The first-order valence-electron chi connectivity index (χ1n) is 4.72. The molecule has 104 valence electrons. The Morgan fingerprint density at radius 3 is 2.26 bits per heavy atom. The zero-order valence-corrected chi connectivity index (χ0v) is 11.1. The summed E-state index contributed by atoms with van der Waals surface area (Å²) < 4.78 is 4.15. The first kappa shape index (κ1) is 17.1. The van der Waals surface area contributed by atoms with E-state index in [2.05, 4.69) is 9.72 Å². The maximum absolute atomic E-state index is 10.7. The Hall–Kier alpha value is -1.86. The molecular weight excluding hydrogens is 301 g/mol. The van der Waals surface area contributed by atoms with E-state index in [4.69, 9.17) is 33.4 Å². The van der Waals surface area contributed by atoms with Gasteiger partial charge >= 0.3 is 11.9 Å². The highest BCUT2D eigenvalue weighted by atomic mass is 35.5. The summed E-state index contributed by atoms with van der Waals surface area (Å²) in [5.74, 6) is -2.96. The van der Waals surface area contributed by atoms with Crippen LogP contribution in [0, 0.1) is 0 Å². The number of halogens is 2.